The molecule has 1 aromatic carbocycles. The van der Waals surface area contributed by atoms with Crippen LogP contribution >= 0.6 is 0 Å². The van der Waals surface area contributed by atoms with E-state index in [0.29, 0.717) is 12.3 Å². The number of pyridine rings is 1. The maximum absolute atomic E-state index is 11.1. The van der Waals surface area contributed by atoms with Crippen LogP contribution in [0, 0.1) is 5.92 Å². The number of primary amides is 1. The van der Waals surface area contributed by atoms with E-state index in [9.17, 15) is 4.79 Å². The molecule has 1 aromatic heterocycles. The fourth-order valence-corrected chi connectivity index (χ4v) is 3.52. The van der Waals surface area contributed by atoms with E-state index in [-0.39, 0.29) is 5.91 Å². The van der Waals surface area contributed by atoms with Gasteiger partial charge in [0.2, 0.25) is 5.91 Å². The molecule has 122 valence electrons. The first kappa shape index (κ1) is 15.8. The quantitative estimate of drug-likeness (QED) is 0.922. The van der Waals surface area contributed by atoms with Crippen LogP contribution in [0.5, 0.6) is 0 Å². The summed E-state index contributed by atoms with van der Waals surface area (Å²) >= 11 is 0. The number of anilines is 1. The van der Waals surface area contributed by atoms with Crippen LogP contribution in [-0.4, -0.2) is 24.0 Å². The molecule has 1 saturated heterocycles. The molecule has 1 amide bonds. The van der Waals surface area contributed by atoms with E-state index in [1.165, 1.54) is 16.8 Å². The number of rotatable bonds is 5. The Morgan fingerprint density at radius 1 is 1.30 bits per heavy atom. The Hall–Kier alpha value is -2.10. The number of nitrogens with zero attached hydrogens (tertiary/aromatic N) is 2. The van der Waals surface area contributed by atoms with Gasteiger partial charge in [0, 0.05) is 36.3 Å². The predicted molar refractivity (Wildman–Crippen MR) is 94.5 cm³/mol. The number of nitrogens with two attached hydrogens (primary N) is 1. The minimum Gasteiger partial charge on any atom is -0.371 e. The lowest BCUT2D eigenvalue weighted by Crippen LogP contribution is -2.35. The first-order valence-electron chi connectivity index (χ1n) is 8.59. The smallest absolute Gasteiger partial charge is 0.217 e. The van der Waals surface area contributed by atoms with Gasteiger partial charge in [-0.1, -0.05) is 31.5 Å². The van der Waals surface area contributed by atoms with Crippen molar-refractivity contribution >= 4 is 22.5 Å². The van der Waals surface area contributed by atoms with Crippen LogP contribution < -0.4 is 10.6 Å². The van der Waals surface area contributed by atoms with E-state index in [1.54, 1.807) is 0 Å². The lowest BCUT2D eigenvalue weighted by atomic mass is 9.92. The summed E-state index contributed by atoms with van der Waals surface area (Å²) in [6.07, 6.45) is 4.69. The molecule has 1 aliphatic heterocycles. The zero-order chi connectivity index (χ0) is 16.2. The molecule has 0 atom stereocenters. The lowest BCUT2D eigenvalue weighted by molar-refractivity contribution is -0.119. The molecule has 1 fully saturated rings. The second-order valence-electron chi connectivity index (χ2n) is 6.50. The Kier molecular flexibility index (Phi) is 4.79. The standard InChI is InChI=1S/C19H25N3O/c1-2-5-15-13-18(16-6-3-4-7-17(16)21-15)22-10-8-14(9-11-22)12-19(20)23/h3-4,6-7,13-14H,2,5,8-12H2,1H3,(H2,20,23). The Balaban J connectivity index is 1.86. The molecule has 23 heavy (non-hydrogen) atoms. The Labute approximate surface area is 137 Å². The largest absolute Gasteiger partial charge is 0.371 e. The average molecular weight is 311 g/mol. The van der Waals surface area contributed by atoms with Gasteiger partial charge in [0.25, 0.3) is 0 Å². The first-order valence-corrected chi connectivity index (χ1v) is 8.59. The van der Waals surface area contributed by atoms with Crippen molar-refractivity contribution in [2.24, 2.45) is 11.7 Å². The lowest BCUT2D eigenvalue weighted by Gasteiger charge is -2.34. The number of hydrogen-bond donors (Lipinski definition) is 1. The number of piperidine rings is 1. The highest BCUT2D eigenvalue weighted by Gasteiger charge is 2.22. The number of aryl methyl sites for hydroxylation is 1. The Morgan fingerprint density at radius 3 is 2.74 bits per heavy atom. The van der Waals surface area contributed by atoms with Gasteiger partial charge in [-0.3, -0.25) is 9.78 Å². The number of aromatic nitrogens is 1. The van der Waals surface area contributed by atoms with E-state index in [4.69, 9.17) is 10.7 Å². The van der Waals surface area contributed by atoms with Gasteiger partial charge in [-0.05, 0) is 37.3 Å². The maximum Gasteiger partial charge on any atom is 0.217 e. The summed E-state index contributed by atoms with van der Waals surface area (Å²) in [4.78, 5) is 18.3. The second kappa shape index (κ2) is 6.99. The fraction of sp³-hybridized carbons (Fsp3) is 0.474. The molecule has 4 heteroatoms. The molecule has 0 unspecified atom stereocenters. The van der Waals surface area contributed by atoms with Crippen LogP contribution in [0.4, 0.5) is 5.69 Å². The van der Waals surface area contributed by atoms with E-state index in [0.717, 1.165) is 44.3 Å². The van der Waals surface area contributed by atoms with Crippen molar-refractivity contribution in [1.29, 1.82) is 0 Å². The number of carbonyl (C=O) groups excluding carboxylic acids is 1. The molecule has 0 bridgehead atoms. The van der Waals surface area contributed by atoms with Crippen LogP contribution in [0.15, 0.2) is 30.3 Å². The van der Waals surface area contributed by atoms with E-state index in [1.807, 2.05) is 6.07 Å². The first-order chi connectivity index (χ1) is 11.2. The van der Waals surface area contributed by atoms with Gasteiger partial charge in [-0.2, -0.15) is 0 Å². The highest BCUT2D eigenvalue weighted by Crippen LogP contribution is 2.31. The summed E-state index contributed by atoms with van der Waals surface area (Å²) in [5, 5.41) is 1.22. The summed E-state index contributed by atoms with van der Waals surface area (Å²) in [5.74, 6) is 0.259. The third-order valence-corrected chi connectivity index (χ3v) is 4.70. The number of benzene rings is 1. The Morgan fingerprint density at radius 2 is 2.04 bits per heavy atom. The minimum absolute atomic E-state index is 0.178. The van der Waals surface area contributed by atoms with Gasteiger partial charge < -0.3 is 10.6 Å². The van der Waals surface area contributed by atoms with E-state index >= 15 is 0 Å². The maximum atomic E-state index is 11.1. The summed E-state index contributed by atoms with van der Waals surface area (Å²) < 4.78 is 0. The van der Waals surface area contributed by atoms with Gasteiger partial charge in [0.15, 0.2) is 0 Å². The average Bonchev–Trinajstić information content (AvgIpc) is 2.55. The number of para-hydroxylation sites is 1. The van der Waals surface area contributed by atoms with Crippen molar-refractivity contribution in [1.82, 2.24) is 4.98 Å². The molecule has 0 radical (unpaired) electrons. The van der Waals surface area contributed by atoms with Crippen molar-refractivity contribution in [3.63, 3.8) is 0 Å². The van der Waals surface area contributed by atoms with Gasteiger partial charge >= 0.3 is 0 Å². The van der Waals surface area contributed by atoms with Crippen molar-refractivity contribution in [2.45, 2.75) is 39.0 Å². The van der Waals surface area contributed by atoms with Crippen molar-refractivity contribution in [3.05, 3.63) is 36.0 Å². The second-order valence-corrected chi connectivity index (χ2v) is 6.50. The predicted octanol–water partition coefficient (Wildman–Crippen LogP) is 3.28. The SMILES string of the molecule is CCCc1cc(N2CCC(CC(N)=O)CC2)c2ccccc2n1. The summed E-state index contributed by atoms with van der Waals surface area (Å²) in [6.45, 7) is 4.15. The summed E-state index contributed by atoms with van der Waals surface area (Å²) in [7, 11) is 0. The molecule has 1 aliphatic rings. The zero-order valence-corrected chi connectivity index (χ0v) is 13.8. The normalized spacial score (nSPS) is 16.0. The number of fused-ring (bicyclic) bond motifs is 1. The number of amides is 1. The number of hydrogen-bond acceptors (Lipinski definition) is 3. The van der Waals surface area contributed by atoms with Gasteiger partial charge in [-0.15, -0.1) is 0 Å². The summed E-state index contributed by atoms with van der Waals surface area (Å²) in [5.41, 5.74) is 8.87. The zero-order valence-electron chi connectivity index (χ0n) is 13.8. The Bertz CT molecular complexity index is 690. The molecule has 0 spiro atoms. The molecule has 3 rings (SSSR count). The molecule has 2 N–H and O–H groups in total. The fourth-order valence-electron chi connectivity index (χ4n) is 3.52. The van der Waals surface area contributed by atoms with Crippen molar-refractivity contribution in [2.75, 3.05) is 18.0 Å². The van der Waals surface area contributed by atoms with Crippen molar-refractivity contribution < 1.29 is 4.79 Å². The monoisotopic (exact) mass is 311 g/mol. The van der Waals surface area contributed by atoms with E-state index in [2.05, 4.69) is 36.1 Å². The molecule has 0 aliphatic carbocycles. The highest BCUT2D eigenvalue weighted by atomic mass is 16.1. The van der Waals surface area contributed by atoms with Crippen LogP contribution in [-0.2, 0) is 11.2 Å². The van der Waals surface area contributed by atoms with Crippen LogP contribution in [0.3, 0.4) is 0 Å². The number of carbonyl (C=O) groups is 1. The van der Waals surface area contributed by atoms with Crippen molar-refractivity contribution in [3.8, 4) is 0 Å². The molecule has 0 saturated carbocycles. The molecular weight excluding hydrogens is 286 g/mol. The minimum atomic E-state index is -0.178. The van der Waals surface area contributed by atoms with E-state index < -0.39 is 0 Å². The van der Waals surface area contributed by atoms with Crippen LogP contribution in [0.1, 0.15) is 38.3 Å². The summed E-state index contributed by atoms with van der Waals surface area (Å²) in [6, 6.07) is 10.6. The molecule has 2 aromatic rings. The third kappa shape index (κ3) is 3.63. The van der Waals surface area contributed by atoms with Crippen LogP contribution in [0.2, 0.25) is 0 Å². The van der Waals surface area contributed by atoms with Gasteiger partial charge in [0.05, 0.1) is 5.52 Å². The van der Waals surface area contributed by atoms with Gasteiger partial charge in [-0.25, -0.2) is 0 Å². The third-order valence-electron chi connectivity index (χ3n) is 4.70. The van der Waals surface area contributed by atoms with Crippen LogP contribution in [0.25, 0.3) is 10.9 Å². The molecule has 2 heterocycles. The molecule has 4 nitrogen and oxygen atoms in total. The highest BCUT2D eigenvalue weighted by molar-refractivity contribution is 5.92. The van der Waals surface area contributed by atoms with Gasteiger partial charge in [0.1, 0.15) is 0 Å². The molecular formula is C19H25N3O. The topological polar surface area (TPSA) is 59.2 Å².